The van der Waals surface area contributed by atoms with Crippen LogP contribution in [-0.4, -0.2) is 22.5 Å². The van der Waals surface area contributed by atoms with E-state index in [1.807, 2.05) is 19.1 Å². The van der Waals surface area contributed by atoms with Crippen LogP contribution in [0.4, 0.5) is 0 Å². The van der Waals surface area contributed by atoms with E-state index in [0.29, 0.717) is 12.3 Å². The van der Waals surface area contributed by atoms with E-state index in [-0.39, 0.29) is 12.5 Å². The third kappa shape index (κ3) is 4.42. The summed E-state index contributed by atoms with van der Waals surface area (Å²) >= 11 is 1.61. The van der Waals surface area contributed by atoms with Crippen LogP contribution in [0.15, 0.2) is 48.8 Å². The van der Waals surface area contributed by atoms with Crippen molar-refractivity contribution in [3.05, 3.63) is 64.9 Å². The number of amides is 1. The van der Waals surface area contributed by atoms with Gasteiger partial charge in [-0.3, -0.25) is 9.78 Å². The number of aryl methyl sites for hydroxylation is 2. The van der Waals surface area contributed by atoms with Crippen molar-refractivity contribution in [1.82, 2.24) is 15.3 Å². The number of rotatable bonds is 6. The topological polar surface area (TPSA) is 64.1 Å². The largest absolute Gasteiger partial charge is 0.482 e. The number of hydrogen-bond donors (Lipinski definition) is 1. The van der Waals surface area contributed by atoms with Gasteiger partial charge in [0, 0.05) is 16.6 Å². The molecule has 1 N–H and O–H groups in total. The maximum absolute atomic E-state index is 12.0. The fourth-order valence-electron chi connectivity index (χ4n) is 2.33. The molecule has 25 heavy (non-hydrogen) atoms. The van der Waals surface area contributed by atoms with Crippen molar-refractivity contribution in [3.8, 4) is 16.3 Å². The molecule has 6 heteroatoms. The van der Waals surface area contributed by atoms with Gasteiger partial charge in [0.25, 0.3) is 5.91 Å². The molecule has 0 fully saturated rings. The molecule has 3 aromatic rings. The Bertz CT molecular complexity index is 862. The van der Waals surface area contributed by atoms with Gasteiger partial charge in [-0.2, -0.15) is 0 Å². The van der Waals surface area contributed by atoms with Gasteiger partial charge in [0.15, 0.2) is 6.61 Å². The van der Waals surface area contributed by atoms with Gasteiger partial charge >= 0.3 is 0 Å². The van der Waals surface area contributed by atoms with Crippen LogP contribution < -0.4 is 10.1 Å². The summed E-state index contributed by atoms with van der Waals surface area (Å²) in [5.74, 6) is 0.405. The third-order valence-electron chi connectivity index (χ3n) is 3.72. The van der Waals surface area contributed by atoms with Crippen molar-refractivity contribution >= 4 is 17.2 Å². The number of pyridine rings is 1. The lowest BCUT2D eigenvalue weighted by atomic mass is 10.1. The highest BCUT2D eigenvalue weighted by atomic mass is 32.1. The van der Waals surface area contributed by atoms with Crippen LogP contribution in [0, 0.1) is 13.8 Å². The average Bonchev–Trinajstić information content (AvgIpc) is 3.00. The van der Waals surface area contributed by atoms with E-state index in [2.05, 4.69) is 34.3 Å². The fourth-order valence-corrected chi connectivity index (χ4v) is 3.42. The molecule has 0 aliphatic heterocycles. The molecule has 0 bridgehead atoms. The Morgan fingerprint density at radius 3 is 2.80 bits per heavy atom. The first kappa shape index (κ1) is 17.1. The summed E-state index contributed by atoms with van der Waals surface area (Å²) in [6.45, 7) is 4.45. The Morgan fingerprint density at radius 2 is 2.04 bits per heavy atom. The lowest BCUT2D eigenvalue weighted by Gasteiger charge is -2.06. The smallest absolute Gasteiger partial charge is 0.258 e. The fraction of sp³-hybridized carbons (Fsp3) is 0.211. The summed E-state index contributed by atoms with van der Waals surface area (Å²) in [4.78, 5) is 21.6. The molecule has 2 aromatic heterocycles. The highest BCUT2D eigenvalue weighted by Crippen LogP contribution is 2.29. The molecule has 2 heterocycles. The molecule has 0 aliphatic rings. The molecule has 0 spiro atoms. The summed E-state index contributed by atoms with van der Waals surface area (Å²) in [6.07, 6.45) is 3.24. The first-order valence-corrected chi connectivity index (χ1v) is 8.77. The zero-order valence-corrected chi connectivity index (χ0v) is 15.0. The summed E-state index contributed by atoms with van der Waals surface area (Å²) in [5.41, 5.74) is 3.27. The Hall–Kier alpha value is -2.73. The second-order valence-corrected chi connectivity index (χ2v) is 6.68. The van der Waals surface area contributed by atoms with Gasteiger partial charge in [0.05, 0.1) is 18.4 Å². The highest BCUT2D eigenvalue weighted by Gasteiger charge is 2.12. The monoisotopic (exact) mass is 353 g/mol. The molecule has 0 unspecified atom stereocenters. The van der Waals surface area contributed by atoms with Crippen LogP contribution in [0.3, 0.4) is 0 Å². The van der Waals surface area contributed by atoms with Gasteiger partial charge < -0.3 is 10.1 Å². The molecule has 1 aromatic carbocycles. The van der Waals surface area contributed by atoms with Crippen LogP contribution in [0.25, 0.3) is 10.6 Å². The number of aromatic nitrogens is 2. The number of nitrogens with zero attached hydrogens (tertiary/aromatic N) is 2. The van der Waals surface area contributed by atoms with Gasteiger partial charge in [-0.1, -0.05) is 24.3 Å². The van der Waals surface area contributed by atoms with E-state index < -0.39 is 0 Å². The van der Waals surface area contributed by atoms with Crippen LogP contribution in [0.5, 0.6) is 5.75 Å². The van der Waals surface area contributed by atoms with E-state index in [1.165, 1.54) is 5.56 Å². The predicted molar refractivity (Wildman–Crippen MR) is 98.6 cm³/mol. The Morgan fingerprint density at radius 1 is 1.20 bits per heavy atom. The molecule has 0 radical (unpaired) electrons. The van der Waals surface area contributed by atoms with E-state index in [1.54, 1.807) is 35.9 Å². The second-order valence-electron chi connectivity index (χ2n) is 5.60. The van der Waals surface area contributed by atoms with E-state index in [4.69, 9.17) is 4.74 Å². The molecule has 0 aliphatic carbocycles. The molecule has 0 saturated heterocycles. The first-order chi connectivity index (χ1) is 12.1. The minimum Gasteiger partial charge on any atom is -0.482 e. The molecule has 1 amide bonds. The lowest BCUT2D eigenvalue weighted by Crippen LogP contribution is -2.28. The lowest BCUT2D eigenvalue weighted by molar-refractivity contribution is -0.123. The van der Waals surface area contributed by atoms with Crippen molar-refractivity contribution in [3.63, 3.8) is 0 Å². The van der Waals surface area contributed by atoms with Gasteiger partial charge in [-0.15, -0.1) is 11.3 Å². The molecule has 128 valence electrons. The van der Waals surface area contributed by atoms with Crippen molar-refractivity contribution in [2.24, 2.45) is 0 Å². The van der Waals surface area contributed by atoms with Crippen LogP contribution in [0.2, 0.25) is 0 Å². The summed E-state index contributed by atoms with van der Waals surface area (Å²) < 4.78 is 5.39. The third-order valence-corrected chi connectivity index (χ3v) is 4.91. The number of thiazole rings is 1. The molecule has 0 atom stereocenters. The zero-order valence-electron chi connectivity index (χ0n) is 14.2. The number of carbonyl (C=O) groups is 1. The normalized spacial score (nSPS) is 10.5. The standard InChI is InChI=1S/C19H19N3O2S/c1-13-6-3-4-8-16(13)19-22-14(2)17(25-19)11-21-18(23)12-24-15-7-5-9-20-10-15/h3-10H,11-12H2,1-2H3,(H,21,23). The Balaban J connectivity index is 1.58. The summed E-state index contributed by atoms with van der Waals surface area (Å²) in [6, 6.07) is 11.7. The number of carbonyl (C=O) groups excluding carboxylic acids is 1. The van der Waals surface area contributed by atoms with Crippen molar-refractivity contribution in [2.45, 2.75) is 20.4 Å². The zero-order chi connectivity index (χ0) is 17.6. The van der Waals surface area contributed by atoms with Gasteiger partial charge in [0.2, 0.25) is 0 Å². The summed E-state index contributed by atoms with van der Waals surface area (Å²) in [5, 5.41) is 3.85. The predicted octanol–water partition coefficient (Wildman–Crippen LogP) is 3.52. The Labute approximate surface area is 150 Å². The maximum atomic E-state index is 12.0. The molecule has 5 nitrogen and oxygen atoms in total. The molecule has 3 rings (SSSR count). The van der Waals surface area contributed by atoms with Crippen molar-refractivity contribution < 1.29 is 9.53 Å². The molecular weight excluding hydrogens is 334 g/mol. The molecule has 0 saturated carbocycles. The van der Waals surface area contributed by atoms with Crippen molar-refractivity contribution in [2.75, 3.05) is 6.61 Å². The van der Waals surface area contributed by atoms with Crippen molar-refractivity contribution in [1.29, 1.82) is 0 Å². The quantitative estimate of drug-likeness (QED) is 0.736. The van der Waals surface area contributed by atoms with Gasteiger partial charge in [0.1, 0.15) is 10.8 Å². The SMILES string of the molecule is Cc1ccccc1-c1nc(C)c(CNC(=O)COc2cccnc2)s1. The van der Waals surface area contributed by atoms with E-state index >= 15 is 0 Å². The van der Waals surface area contributed by atoms with E-state index in [0.717, 1.165) is 21.1 Å². The minimum atomic E-state index is -0.172. The average molecular weight is 353 g/mol. The van der Waals surface area contributed by atoms with Crippen LogP contribution >= 0.6 is 11.3 Å². The molecular formula is C19H19N3O2S. The van der Waals surface area contributed by atoms with Crippen LogP contribution in [0.1, 0.15) is 16.1 Å². The maximum Gasteiger partial charge on any atom is 0.258 e. The Kier molecular flexibility index (Phi) is 5.40. The number of ether oxygens (including phenoxy) is 1. The van der Waals surface area contributed by atoms with Gasteiger partial charge in [-0.25, -0.2) is 4.98 Å². The summed E-state index contributed by atoms with van der Waals surface area (Å²) in [7, 11) is 0. The first-order valence-electron chi connectivity index (χ1n) is 7.95. The van der Waals surface area contributed by atoms with E-state index in [9.17, 15) is 4.79 Å². The number of benzene rings is 1. The highest BCUT2D eigenvalue weighted by molar-refractivity contribution is 7.15. The van der Waals surface area contributed by atoms with Crippen LogP contribution in [-0.2, 0) is 11.3 Å². The minimum absolute atomic E-state index is 0.0335. The van der Waals surface area contributed by atoms with Gasteiger partial charge in [-0.05, 0) is 31.5 Å². The second kappa shape index (κ2) is 7.90. The number of nitrogens with one attached hydrogen (secondary N) is 1. The number of hydrogen-bond acceptors (Lipinski definition) is 5.